The molecule has 10 heteroatoms. The first-order valence-corrected chi connectivity index (χ1v) is 9.14. The van der Waals surface area contributed by atoms with E-state index in [-0.39, 0.29) is 39.3 Å². The molecule has 0 aromatic heterocycles. The van der Waals surface area contributed by atoms with Crippen molar-refractivity contribution in [2.24, 2.45) is 0 Å². The van der Waals surface area contributed by atoms with E-state index in [0.29, 0.717) is 0 Å². The molecule has 0 aromatic rings. The topological polar surface area (TPSA) is 127 Å². The van der Waals surface area contributed by atoms with E-state index < -0.39 is 30.7 Å². The summed E-state index contributed by atoms with van der Waals surface area (Å²) in [5, 5.41) is -1.75. The second kappa shape index (κ2) is 8.90. The maximum absolute atomic E-state index is 10.7. The van der Waals surface area contributed by atoms with Gasteiger partial charge in [-0.25, -0.2) is 0 Å². The van der Waals surface area contributed by atoms with Crippen LogP contribution in [0.15, 0.2) is 0 Å². The Kier molecular flexibility index (Phi) is 8.79. The molecule has 0 radical (unpaired) electrons. The molecule has 0 bridgehead atoms. The molecule has 0 fully saturated rings. The van der Waals surface area contributed by atoms with Gasteiger partial charge in [-0.2, -0.15) is 16.8 Å². The van der Waals surface area contributed by atoms with Gasteiger partial charge in [0.1, 0.15) is 0 Å². The normalized spacial score (nSPS) is 16.0. The first-order valence-electron chi connectivity index (χ1n) is 6.13. The maximum atomic E-state index is 10.7. The zero-order valence-electron chi connectivity index (χ0n) is 11.6. The maximum Gasteiger partial charge on any atom is 0.267 e. The highest BCUT2D eigenvalue weighted by Crippen LogP contribution is 2.04. The summed E-state index contributed by atoms with van der Waals surface area (Å²) in [7, 11) is -8.04. The molecule has 0 heterocycles. The van der Waals surface area contributed by atoms with Crippen molar-refractivity contribution in [1.29, 1.82) is 0 Å². The Labute approximate surface area is 120 Å². The van der Waals surface area contributed by atoms with E-state index in [4.69, 9.17) is 18.6 Å². The molecule has 2 N–H and O–H groups in total. The molecule has 0 spiro atoms. The van der Waals surface area contributed by atoms with Crippen molar-refractivity contribution in [3.63, 3.8) is 0 Å². The Morgan fingerprint density at radius 1 is 0.750 bits per heavy atom. The third-order valence-electron chi connectivity index (χ3n) is 2.73. The van der Waals surface area contributed by atoms with Crippen LogP contribution in [-0.2, 0) is 29.7 Å². The average Bonchev–Trinajstić information content (AvgIpc) is 2.29. The number of ether oxygens (including phenoxy) is 2. The summed E-state index contributed by atoms with van der Waals surface area (Å²) in [5.74, 6) is 0. The van der Waals surface area contributed by atoms with Gasteiger partial charge < -0.3 is 9.47 Å². The number of hydrogen-bond donors (Lipinski definition) is 2. The first-order chi connectivity index (χ1) is 9.05. The summed E-state index contributed by atoms with van der Waals surface area (Å²) in [5.41, 5.74) is 0. The lowest BCUT2D eigenvalue weighted by molar-refractivity contribution is 0.0458. The van der Waals surface area contributed by atoms with Gasteiger partial charge in [-0.1, -0.05) is 0 Å². The van der Waals surface area contributed by atoms with Crippen LogP contribution in [0.25, 0.3) is 0 Å². The van der Waals surface area contributed by atoms with Crippen molar-refractivity contribution in [3.05, 3.63) is 0 Å². The number of hydrogen-bond acceptors (Lipinski definition) is 6. The molecule has 0 aliphatic carbocycles. The second-order valence-electron chi connectivity index (χ2n) is 4.45. The molecule has 0 rings (SSSR count). The zero-order chi connectivity index (χ0) is 15.8. The minimum absolute atomic E-state index is 0.172. The van der Waals surface area contributed by atoms with Crippen LogP contribution in [0.1, 0.15) is 26.7 Å². The highest BCUT2D eigenvalue weighted by Gasteiger charge is 2.17. The molecule has 0 amide bonds. The minimum atomic E-state index is -4.02. The highest BCUT2D eigenvalue weighted by molar-refractivity contribution is 7.86. The van der Waals surface area contributed by atoms with Crippen LogP contribution in [-0.4, -0.2) is 62.9 Å². The fourth-order valence-electron chi connectivity index (χ4n) is 1.12. The molecule has 2 unspecified atom stereocenters. The van der Waals surface area contributed by atoms with E-state index in [0.717, 1.165) is 0 Å². The van der Waals surface area contributed by atoms with Gasteiger partial charge >= 0.3 is 0 Å². The minimum Gasteiger partial charge on any atom is -0.379 e. The van der Waals surface area contributed by atoms with Gasteiger partial charge in [0.2, 0.25) is 0 Å². The van der Waals surface area contributed by atoms with Gasteiger partial charge in [0.05, 0.1) is 23.7 Å². The lowest BCUT2D eigenvalue weighted by atomic mass is 10.3. The largest absolute Gasteiger partial charge is 0.379 e. The quantitative estimate of drug-likeness (QED) is 0.409. The fraction of sp³-hybridized carbons (Fsp3) is 1.00. The zero-order valence-corrected chi connectivity index (χ0v) is 13.2. The van der Waals surface area contributed by atoms with Crippen LogP contribution in [0.4, 0.5) is 0 Å². The Bertz CT molecular complexity index is 412. The molecule has 0 saturated carbocycles. The Hall–Kier alpha value is -0.260. The van der Waals surface area contributed by atoms with E-state index >= 15 is 0 Å². The summed E-state index contributed by atoms with van der Waals surface area (Å²) in [4.78, 5) is 0. The van der Waals surface area contributed by atoms with Gasteiger partial charge in [-0.15, -0.1) is 0 Å². The second-order valence-corrected chi connectivity index (χ2v) is 8.12. The molecule has 2 atom stereocenters. The molecular formula is C10H22O8S2. The van der Waals surface area contributed by atoms with Crippen molar-refractivity contribution < 1.29 is 35.4 Å². The summed E-state index contributed by atoms with van der Waals surface area (Å²) in [6, 6.07) is 0. The molecule has 0 aliphatic rings. The molecule has 0 aliphatic heterocycles. The fourth-order valence-corrected chi connectivity index (χ4v) is 1.91. The lowest BCUT2D eigenvalue weighted by Gasteiger charge is -2.10. The van der Waals surface area contributed by atoms with Crippen LogP contribution in [0.3, 0.4) is 0 Å². The molecule has 8 nitrogen and oxygen atoms in total. The molecule has 20 heavy (non-hydrogen) atoms. The van der Waals surface area contributed by atoms with Crippen molar-refractivity contribution in [2.75, 3.05) is 26.4 Å². The van der Waals surface area contributed by atoms with E-state index in [1.165, 1.54) is 13.8 Å². The standard InChI is InChI=1S/C10H22O8S2/c1-9(19(11,12)13)3-5-17-7-8-18-6-4-10(2)20(14,15)16/h9-10H,3-8H2,1-2H3,(H,11,12,13)(H,14,15,16). The van der Waals surface area contributed by atoms with E-state index in [1.807, 2.05) is 0 Å². The third-order valence-corrected chi connectivity index (χ3v) is 5.23. The van der Waals surface area contributed by atoms with Gasteiger partial charge in [-0.05, 0) is 26.7 Å². The number of rotatable bonds is 11. The summed E-state index contributed by atoms with van der Waals surface area (Å²) < 4.78 is 70.4. The summed E-state index contributed by atoms with van der Waals surface area (Å²) in [6.45, 7) is 3.58. The van der Waals surface area contributed by atoms with Crippen molar-refractivity contribution in [3.8, 4) is 0 Å². The third kappa shape index (κ3) is 9.61. The predicted octanol–water partition coefficient (Wildman–Crippen LogP) is 0.352. The molecular weight excluding hydrogens is 312 g/mol. The van der Waals surface area contributed by atoms with Crippen LogP contribution in [0.2, 0.25) is 0 Å². The monoisotopic (exact) mass is 334 g/mol. The van der Waals surface area contributed by atoms with Crippen molar-refractivity contribution in [1.82, 2.24) is 0 Å². The smallest absolute Gasteiger partial charge is 0.267 e. The van der Waals surface area contributed by atoms with E-state index in [9.17, 15) is 16.8 Å². The molecule has 0 aromatic carbocycles. The Morgan fingerprint density at radius 2 is 1.05 bits per heavy atom. The molecule has 122 valence electrons. The van der Waals surface area contributed by atoms with E-state index in [1.54, 1.807) is 0 Å². The van der Waals surface area contributed by atoms with Crippen LogP contribution < -0.4 is 0 Å². The Balaban J connectivity index is 3.51. The predicted molar refractivity (Wildman–Crippen MR) is 72.9 cm³/mol. The van der Waals surface area contributed by atoms with Gasteiger partial charge in [0.25, 0.3) is 20.2 Å². The average molecular weight is 334 g/mol. The SMILES string of the molecule is CC(CCOCCOCCC(C)S(=O)(=O)O)S(=O)(=O)O. The summed E-state index contributed by atoms with van der Waals surface area (Å²) >= 11 is 0. The first kappa shape index (κ1) is 19.7. The van der Waals surface area contributed by atoms with Crippen LogP contribution in [0.5, 0.6) is 0 Å². The van der Waals surface area contributed by atoms with Gasteiger partial charge in [0, 0.05) is 13.2 Å². The van der Waals surface area contributed by atoms with Gasteiger partial charge in [0.15, 0.2) is 0 Å². The van der Waals surface area contributed by atoms with Gasteiger partial charge in [-0.3, -0.25) is 9.11 Å². The summed E-state index contributed by atoms with van der Waals surface area (Å²) in [6.07, 6.45) is 0.358. The van der Waals surface area contributed by atoms with Crippen LogP contribution in [0, 0.1) is 0 Å². The van der Waals surface area contributed by atoms with E-state index in [2.05, 4.69) is 0 Å². The Morgan fingerprint density at radius 3 is 1.30 bits per heavy atom. The van der Waals surface area contributed by atoms with Crippen molar-refractivity contribution in [2.45, 2.75) is 37.2 Å². The lowest BCUT2D eigenvalue weighted by Crippen LogP contribution is -2.20. The van der Waals surface area contributed by atoms with Crippen molar-refractivity contribution >= 4 is 20.2 Å². The van der Waals surface area contributed by atoms with Crippen LogP contribution >= 0.6 is 0 Å². The highest BCUT2D eigenvalue weighted by atomic mass is 32.2. The molecule has 0 saturated heterocycles.